The Morgan fingerprint density at radius 3 is 3.05 bits per heavy atom. The van der Waals surface area contributed by atoms with Crippen molar-refractivity contribution < 1.29 is 14.1 Å². The molecule has 3 rings (SSSR count). The van der Waals surface area contributed by atoms with Crippen LogP contribution in [0.25, 0.3) is 0 Å². The summed E-state index contributed by atoms with van der Waals surface area (Å²) in [6.07, 6.45) is 2.16. The van der Waals surface area contributed by atoms with Crippen LogP contribution in [0.1, 0.15) is 40.8 Å². The normalized spacial score (nSPS) is 14.2. The lowest BCUT2D eigenvalue weighted by atomic mass is 10.2. The smallest absolute Gasteiger partial charge is 0.340 e. The number of hydrogen-bond donors (Lipinski definition) is 1. The third-order valence-electron chi connectivity index (χ3n) is 3.02. The van der Waals surface area contributed by atoms with Gasteiger partial charge in [-0.2, -0.15) is 4.98 Å². The van der Waals surface area contributed by atoms with Crippen molar-refractivity contribution in [2.75, 3.05) is 5.73 Å². The molecule has 1 aromatic carbocycles. The molecule has 1 aliphatic carbocycles. The van der Waals surface area contributed by atoms with Crippen LogP contribution in [0, 0.1) is 0 Å². The summed E-state index contributed by atoms with van der Waals surface area (Å²) in [5.41, 5.74) is 6.47. The van der Waals surface area contributed by atoms with E-state index in [0.29, 0.717) is 33.4 Å². The van der Waals surface area contributed by atoms with Gasteiger partial charge in [0.05, 0.1) is 11.3 Å². The molecule has 1 aromatic heterocycles. The molecule has 0 saturated heterocycles. The van der Waals surface area contributed by atoms with Gasteiger partial charge in [-0.25, -0.2) is 4.79 Å². The minimum absolute atomic E-state index is 0.0268. The molecular formula is C13H12BrN3O3. The summed E-state index contributed by atoms with van der Waals surface area (Å²) in [5, 5.41) is 3.78. The van der Waals surface area contributed by atoms with Crippen LogP contribution in [0.5, 0.6) is 0 Å². The summed E-state index contributed by atoms with van der Waals surface area (Å²) >= 11 is 3.26. The lowest BCUT2D eigenvalue weighted by Gasteiger charge is -2.06. The zero-order valence-corrected chi connectivity index (χ0v) is 12.1. The molecule has 0 aliphatic heterocycles. The van der Waals surface area contributed by atoms with Crippen molar-refractivity contribution in [2.24, 2.45) is 0 Å². The highest BCUT2D eigenvalue weighted by Crippen LogP contribution is 2.38. The fraction of sp³-hybridized carbons (Fsp3) is 0.308. The highest BCUT2D eigenvalue weighted by Gasteiger charge is 2.29. The number of anilines is 1. The molecule has 1 fully saturated rings. The molecule has 7 heteroatoms. The minimum Gasteiger partial charge on any atom is -0.454 e. The number of halogens is 1. The van der Waals surface area contributed by atoms with Gasteiger partial charge in [0.15, 0.2) is 6.61 Å². The monoisotopic (exact) mass is 337 g/mol. The van der Waals surface area contributed by atoms with E-state index >= 15 is 0 Å². The molecular weight excluding hydrogens is 326 g/mol. The third-order valence-corrected chi connectivity index (χ3v) is 3.71. The number of ether oxygens (including phenoxy) is 1. The maximum atomic E-state index is 11.9. The maximum Gasteiger partial charge on any atom is 0.340 e. The molecule has 1 heterocycles. The standard InChI is InChI=1S/C13H12BrN3O3/c14-9-3-1-2-8(11(9)15)13(18)19-6-10-16-12(20-17-10)7-4-5-7/h1-3,7H,4-6,15H2. The molecule has 2 aromatic rings. The second-order valence-electron chi connectivity index (χ2n) is 4.60. The first-order valence-corrected chi connectivity index (χ1v) is 6.98. The van der Waals surface area contributed by atoms with Gasteiger partial charge in [0.2, 0.25) is 11.7 Å². The van der Waals surface area contributed by atoms with E-state index in [0.717, 1.165) is 12.8 Å². The molecule has 20 heavy (non-hydrogen) atoms. The predicted molar refractivity (Wildman–Crippen MR) is 73.9 cm³/mol. The summed E-state index contributed by atoms with van der Waals surface area (Å²) in [5.74, 6) is 0.862. The quantitative estimate of drug-likeness (QED) is 0.681. The van der Waals surface area contributed by atoms with Gasteiger partial charge in [0, 0.05) is 10.4 Å². The topological polar surface area (TPSA) is 91.2 Å². The van der Waals surface area contributed by atoms with Gasteiger partial charge in [-0.15, -0.1) is 0 Å². The van der Waals surface area contributed by atoms with Crippen LogP contribution >= 0.6 is 15.9 Å². The lowest BCUT2D eigenvalue weighted by molar-refractivity contribution is 0.0461. The molecule has 1 saturated carbocycles. The molecule has 6 nitrogen and oxygen atoms in total. The number of esters is 1. The molecule has 0 atom stereocenters. The van der Waals surface area contributed by atoms with E-state index in [1.165, 1.54) is 0 Å². The summed E-state index contributed by atoms with van der Waals surface area (Å²) in [6, 6.07) is 5.08. The van der Waals surface area contributed by atoms with Crippen LogP contribution in [-0.2, 0) is 11.3 Å². The van der Waals surface area contributed by atoms with Crippen molar-refractivity contribution in [1.29, 1.82) is 0 Å². The van der Waals surface area contributed by atoms with Crippen molar-refractivity contribution >= 4 is 27.6 Å². The van der Waals surface area contributed by atoms with Gasteiger partial charge in [0.25, 0.3) is 0 Å². The van der Waals surface area contributed by atoms with Crippen LogP contribution in [0.3, 0.4) is 0 Å². The summed E-state index contributed by atoms with van der Waals surface area (Å²) in [4.78, 5) is 16.1. The Bertz CT molecular complexity index is 652. The van der Waals surface area contributed by atoms with Crippen molar-refractivity contribution in [1.82, 2.24) is 10.1 Å². The highest BCUT2D eigenvalue weighted by atomic mass is 79.9. The summed E-state index contributed by atoms with van der Waals surface area (Å²) < 4.78 is 10.9. The number of benzene rings is 1. The molecule has 0 bridgehead atoms. The Hall–Kier alpha value is -1.89. The van der Waals surface area contributed by atoms with E-state index in [4.69, 9.17) is 15.0 Å². The van der Waals surface area contributed by atoms with Crippen LogP contribution in [-0.4, -0.2) is 16.1 Å². The van der Waals surface area contributed by atoms with Gasteiger partial charge >= 0.3 is 5.97 Å². The fourth-order valence-corrected chi connectivity index (χ4v) is 2.11. The summed E-state index contributed by atoms with van der Waals surface area (Å²) in [7, 11) is 0. The Morgan fingerprint density at radius 2 is 2.30 bits per heavy atom. The van der Waals surface area contributed by atoms with Crippen molar-refractivity contribution in [3.63, 3.8) is 0 Å². The molecule has 104 valence electrons. The van der Waals surface area contributed by atoms with Crippen LogP contribution in [0.15, 0.2) is 27.2 Å². The Balaban J connectivity index is 1.64. The zero-order chi connectivity index (χ0) is 14.1. The number of nitrogens with two attached hydrogens (primary N) is 1. The zero-order valence-electron chi connectivity index (χ0n) is 10.5. The molecule has 1 aliphatic rings. The number of aromatic nitrogens is 2. The van der Waals surface area contributed by atoms with Gasteiger partial charge in [-0.1, -0.05) is 11.2 Å². The van der Waals surface area contributed by atoms with E-state index in [1.807, 2.05) is 0 Å². The van der Waals surface area contributed by atoms with Gasteiger partial charge in [-0.05, 0) is 40.9 Å². The Kier molecular flexibility index (Phi) is 3.43. The number of hydrogen-bond acceptors (Lipinski definition) is 6. The summed E-state index contributed by atoms with van der Waals surface area (Å²) in [6.45, 7) is -0.0268. The predicted octanol–water partition coefficient (Wildman–Crippen LogP) is 2.65. The van der Waals surface area contributed by atoms with E-state index in [1.54, 1.807) is 18.2 Å². The third kappa shape index (κ3) is 2.67. The SMILES string of the molecule is Nc1c(Br)cccc1C(=O)OCc1noc(C2CC2)n1. The largest absolute Gasteiger partial charge is 0.454 e. The lowest BCUT2D eigenvalue weighted by Crippen LogP contribution is -2.09. The maximum absolute atomic E-state index is 11.9. The second kappa shape index (κ2) is 5.24. The minimum atomic E-state index is -0.512. The number of carbonyl (C=O) groups excluding carboxylic acids is 1. The van der Waals surface area contributed by atoms with Crippen molar-refractivity contribution in [3.05, 3.63) is 40.0 Å². The number of carbonyl (C=O) groups is 1. The van der Waals surface area contributed by atoms with Crippen LogP contribution in [0.4, 0.5) is 5.69 Å². The van der Waals surface area contributed by atoms with E-state index < -0.39 is 5.97 Å². The second-order valence-corrected chi connectivity index (χ2v) is 5.45. The molecule has 2 N–H and O–H groups in total. The van der Waals surface area contributed by atoms with Crippen LogP contribution < -0.4 is 5.73 Å². The first-order valence-electron chi connectivity index (χ1n) is 6.18. The van der Waals surface area contributed by atoms with Gasteiger partial charge in [-0.3, -0.25) is 0 Å². The van der Waals surface area contributed by atoms with Gasteiger partial charge in [0.1, 0.15) is 0 Å². The number of rotatable bonds is 4. The molecule has 0 amide bonds. The number of nitrogen functional groups attached to an aromatic ring is 1. The first kappa shape index (κ1) is 13.1. The van der Waals surface area contributed by atoms with Crippen molar-refractivity contribution in [2.45, 2.75) is 25.4 Å². The Morgan fingerprint density at radius 1 is 1.50 bits per heavy atom. The van der Waals surface area contributed by atoms with E-state index in [9.17, 15) is 4.79 Å². The fourth-order valence-electron chi connectivity index (χ4n) is 1.75. The molecule has 0 radical (unpaired) electrons. The van der Waals surface area contributed by atoms with Gasteiger partial charge < -0.3 is 15.0 Å². The average Bonchev–Trinajstić information content (AvgIpc) is 3.18. The highest BCUT2D eigenvalue weighted by molar-refractivity contribution is 9.10. The van der Waals surface area contributed by atoms with Crippen LogP contribution in [0.2, 0.25) is 0 Å². The first-order chi connectivity index (χ1) is 9.65. The number of nitrogens with zero attached hydrogens (tertiary/aromatic N) is 2. The van der Waals surface area contributed by atoms with Crippen molar-refractivity contribution in [3.8, 4) is 0 Å². The Labute approximate surface area is 123 Å². The van der Waals surface area contributed by atoms with E-state index in [2.05, 4.69) is 26.1 Å². The number of para-hydroxylation sites is 1. The van der Waals surface area contributed by atoms with E-state index in [-0.39, 0.29) is 6.61 Å². The average molecular weight is 338 g/mol. The molecule has 0 unspecified atom stereocenters. The molecule has 0 spiro atoms.